The van der Waals surface area contributed by atoms with Gasteiger partial charge in [0.05, 0.1) is 26.4 Å². The summed E-state index contributed by atoms with van der Waals surface area (Å²) in [6, 6.07) is 0. The van der Waals surface area contributed by atoms with Gasteiger partial charge in [-0.15, -0.1) is 0 Å². The second-order valence-electron chi connectivity index (χ2n) is 30.1. The molecule has 0 aromatic rings. The first-order valence-electron chi connectivity index (χ1n) is 40.7. The first-order chi connectivity index (χ1) is 47.1. The minimum atomic E-state index is -4.96. The van der Waals surface area contributed by atoms with Crippen LogP contribution in [-0.4, -0.2) is 96.7 Å². The van der Waals surface area contributed by atoms with E-state index < -0.39 is 97.5 Å². The molecule has 0 aromatic carbocycles. The summed E-state index contributed by atoms with van der Waals surface area (Å²) < 4.78 is 68.6. The van der Waals surface area contributed by atoms with Gasteiger partial charge in [0.2, 0.25) is 0 Å². The van der Waals surface area contributed by atoms with E-state index in [0.717, 1.165) is 114 Å². The molecule has 0 rings (SSSR count). The summed E-state index contributed by atoms with van der Waals surface area (Å²) in [7, 11) is -9.92. The van der Waals surface area contributed by atoms with Crippen molar-refractivity contribution in [1.29, 1.82) is 0 Å². The van der Waals surface area contributed by atoms with Crippen molar-refractivity contribution in [3.63, 3.8) is 0 Å². The summed E-state index contributed by atoms with van der Waals surface area (Å²) in [5, 5.41) is 10.6. The summed E-state index contributed by atoms with van der Waals surface area (Å²) >= 11 is 0. The monoisotopic (exact) mass is 1440 g/mol. The van der Waals surface area contributed by atoms with Gasteiger partial charge in [0, 0.05) is 25.7 Å². The first kappa shape index (κ1) is 96.1. The number of aliphatic hydroxyl groups excluding tert-OH is 1. The van der Waals surface area contributed by atoms with Crippen LogP contribution in [0.2, 0.25) is 0 Å². The van der Waals surface area contributed by atoms with Crippen molar-refractivity contribution in [2.24, 2.45) is 23.7 Å². The van der Waals surface area contributed by atoms with Gasteiger partial charge in [-0.3, -0.25) is 37.3 Å². The molecule has 17 nitrogen and oxygen atoms in total. The molecule has 0 saturated heterocycles. The second kappa shape index (κ2) is 68.2. The van der Waals surface area contributed by atoms with Crippen molar-refractivity contribution in [3.8, 4) is 0 Å². The lowest BCUT2D eigenvalue weighted by Gasteiger charge is -2.21. The van der Waals surface area contributed by atoms with Crippen LogP contribution >= 0.6 is 15.6 Å². The van der Waals surface area contributed by atoms with Crippen molar-refractivity contribution < 1.29 is 80.2 Å². The third-order valence-electron chi connectivity index (χ3n) is 18.7. The number of phosphoric acid groups is 2. The quantitative estimate of drug-likeness (QED) is 0.0222. The first-order valence-corrected chi connectivity index (χ1v) is 43.7. The van der Waals surface area contributed by atoms with Crippen LogP contribution in [-0.2, 0) is 65.4 Å². The Bertz CT molecular complexity index is 1920. The van der Waals surface area contributed by atoms with E-state index in [9.17, 15) is 43.2 Å². The molecule has 3 N–H and O–H groups in total. The topological polar surface area (TPSA) is 237 Å². The maximum absolute atomic E-state index is 13.1. The molecule has 0 saturated carbocycles. The molecule has 0 amide bonds. The highest BCUT2D eigenvalue weighted by atomic mass is 31.2. The molecular formula is C79H154O17P2. The molecular weight excluding hydrogens is 1280 g/mol. The van der Waals surface area contributed by atoms with Crippen molar-refractivity contribution in [3.05, 3.63) is 0 Å². The van der Waals surface area contributed by atoms with Gasteiger partial charge in [0.25, 0.3) is 0 Å². The molecule has 0 aromatic heterocycles. The fourth-order valence-electron chi connectivity index (χ4n) is 12.0. The van der Waals surface area contributed by atoms with Gasteiger partial charge in [0.15, 0.2) is 12.2 Å². The number of phosphoric ester groups is 2. The molecule has 19 heteroatoms. The molecule has 582 valence electrons. The number of esters is 4. The number of ether oxygens (including phenoxy) is 4. The third kappa shape index (κ3) is 71.1. The van der Waals surface area contributed by atoms with Gasteiger partial charge in [0.1, 0.15) is 19.3 Å². The summed E-state index contributed by atoms with van der Waals surface area (Å²) in [4.78, 5) is 72.9. The number of unbranched alkanes of at least 4 members (excludes halogenated alkanes) is 41. The van der Waals surface area contributed by atoms with E-state index in [1.807, 2.05) is 0 Å². The van der Waals surface area contributed by atoms with Crippen LogP contribution in [0.5, 0.6) is 0 Å². The standard InChI is InChI=1S/C79H154O17P2/c1-9-72(8)58-50-42-34-26-20-16-13-14-18-22-28-37-46-54-62-79(84)96-75(66-90-77(82)60-52-44-38-30-33-41-49-57-71(6)7)68-94-98(87,88)92-64-73(80)63-91-97(85,86)93-67-74(65-89-76(81)59-51-43-35-29-23-25-32-40-48-56-70(4)5)95-78(83)61-53-45-36-27-21-17-12-10-11-15-19-24-31-39-47-55-69(2)3/h69-75,80H,9-68H2,1-8H3,(H,85,86)(H,87,88)/t72?,73?,74-,75-/m1/s1. The zero-order valence-corrected chi connectivity index (χ0v) is 66.2. The SMILES string of the molecule is CCC(C)CCCCCCCCCCCCCCCCC(=O)O[C@H](COC(=O)CCCCCCCCCC(C)C)COP(=O)(O)OCC(O)COP(=O)(O)OC[C@@H](COC(=O)CCCCCCCCCCCC(C)C)OC(=O)CCCCCCCCCCCCCCCCCC(C)C. The van der Waals surface area contributed by atoms with E-state index in [1.165, 1.54) is 199 Å². The van der Waals surface area contributed by atoms with Crippen molar-refractivity contribution in [2.75, 3.05) is 39.6 Å². The number of carbonyl (C=O) groups is 4. The molecule has 6 atom stereocenters. The maximum atomic E-state index is 13.1. The van der Waals surface area contributed by atoms with Crippen LogP contribution in [0, 0.1) is 23.7 Å². The Balaban J connectivity index is 5.23. The Labute approximate surface area is 600 Å². The molecule has 0 bridgehead atoms. The number of carbonyl (C=O) groups excluding carboxylic acids is 4. The Morgan fingerprint density at radius 3 is 0.724 bits per heavy atom. The fraction of sp³-hybridized carbons (Fsp3) is 0.949. The van der Waals surface area contributed by atoms with Crippen molar-refractivity contribution in [2.45, 2.75) is 420 Å². The second-order valence-corrected chi connectivity index (χ2v) is 33.0. The van der Waals surface area contributed by atoms with Gasteiger partial charge in [-0.2, -0.15) is 0 Å². The number of aliphatic hydroxyl groups is 1. The van der Waals surface area contributed by atoms with Crippen LogP contribution in [0.1, 0.15) is 402 Å². The average molecular weight is 1440 g/mol. The van der Waals surface area contributed by atoms with E-state index in [0.29, 0.717) is 31.6 Å². The summed E-state index contributed by atoms with van der Waals surface area (Å²) in [5.74, 6) is 0.980. The van der Waals surface area contributed by atoms with Crippen LogP contribution in [0.25, 0.3) is 0 Å². The highest BCUT2D eigenvalue weighted by Crippen LogP contribution is 2.45. The fourth-order valence-corrected chi connectivity index (χ4v) is 13.6. The maximum Gasteiger partial charge on any atom is 0.472 e. The van der Waals surface area contributed by atoms with E-state index in [-0.39, 0.29) is 25.7 Å². The lowest BCUT2D eigenvalue weighted by Crippen LogP contribution is -2.30. The van der Waals surface area contributed by atoms with E-state index in [2.05, 4.69) is 55.4 Å². The summed E-state index contributed by atoms with van der Waals surface area (Å²) in [6.07, 6.45) is 54.1. The number of hydrogen-bond donors (Lipinski definition) is 3. The van der Waals surface area contributed by atoms with E-state index in [4.69, 9.17) is 37.0 Å². The highest BCUT2D eigenvalue weighted by molar-refractivity contribution is 7.47. The molecule has 0 aliphatic carbocycles. The zero-order valence-electron chi connectivity index (χ0n) is 64.4. The van der Waals surface area contributed by atoms with Crippen LogP contribution in [0.4, 0.5) is 0 Å². The number of rotatable bonds is 76. The van der Waals surface area contributed by atoms with Crippen LogP contribution in [0.15, 0.2) is 0 Å². The molecule has 0 aliphatic heterocycles. The zero-order chi connectivity index (χ0) is 72.4. The molecule has 0 fully saturated rings. The lowest BCUT2D eigenvalue weighted by molar-refractivity contribution is -0.161. The third-order valence-corrected chi connectivity index (χ3v) is 20.6. The average Bonchev–Trinajstić information content (AvgIpc) is 1.01. The Hall–Kier alpha value is -1.94. The van der Waals surface area contributed by atoms with Gasteiger partial charge in [-0.05, 0) is 49.4 Å². The highest BCUT2D eigenvalue weighted by Gasteiger charge is 2.30. The Morgan fingerprint density at radius 1 is 0.286 bits per heavy atom. The van der Waals surface area contributed by atoms with Gasteiger partial charge < -0.3 is 33.8 Å². The van der Waals surface area contributed by atoms with E-state index >= 15 is 0 Å². The summed E-state index contributed by atoms with van der Waals surface area (Å²) in [6.45, 7) is 14.2. The smallest absolute Gasteiger partial charge is 0.462 e. The minimum absolute atomic E-state index is 0.106. The van der Waals surface area contributed by atoms with Crippen molar-refractivity contribution >= 4 is 39.5 Å². The largest absolute Gasteiger partial charge is 0.472 e. The molecule has 0 radical (unpaired) electrons. The lowest BCUT2D eigenvalue weighted by atomic mass is 9.99. The Morgan fingerprint density at radius 2 is 0.490 bits per heavy atom. The molecule has 4 unspecified atom stereocenters. The van der Waals surface area contributed by atoms with Crippen LogP contribution in [0.3, 0.4) is 0 Å². The Kier molecular flexibility index (Phi) is 66.8. The normalized spacial score (nSPS) is 14.3. The predicted molar refractivity (Wildman–Crippen MR) is 400 cm³/mol. The van der Waals surface area contributed by atoms with Gasteiger partial charge >= 0.3 is 39.5 Å². The number of hydrogen-bond acceptors (Lipinski definition) is 15. The molecule has 98 heavy (non-hydrogen) atoms. The van der Waals surface area contributed by atoms with Crippen LogP contribution < -0.4 is 0 Å². The van der Waals surface area contributed by atoms with Crippen molar-refractivity contribution in [1.82, 2.24) is 0 Å². The molecule has 0 spiro atoms. The minimum Gasteiger partial charge on any atom is -0.462 e. The van der Waals surface area contributed by atoms with Gasteiger partial charge in [-0.1, -0.05) is 351 Å². The molecule has 0 aliphatic rings. The molecule has 0 heterocycles. The summed E-state index contributed by atoms with van der Waals surface area (Å²) in [5.41, 5.74) is 0. The predicted octanol–water partition coefficient (Wildman–Crippen LogP) is 23.2. The van der Waals surface area contributed by atoms with E-state index in [1.54, 1.807) is 0 Å². The van der Waals surface area contributed by atoms with Gasteiger partial charge in [-0.25, -0.2) is 9.13 Å².